The van der Waals surface area contributed by atoms with E-state index < -0.39 is 0 Å². The number of methoxy groups -OCH3 is 1. The van der Waals surface area contributed by atoms with E-state index in [0.717, 1.165) is 33.8 Å². The lowest BCUT2D eigenvalue weighted by Crippen LogP contribution is -1.89. The second-order valence-electron chi connectivity index (χ2n) is 4.48. The number of aromatic nitrogens is 2. The number of nitrogens with one attached hydrogen (secondary N) is 1. The minimum absolute atomic E-state index is 0.743. The van der Waals surface area contributed by atoms with E-state index in [-0.39, 0.29) is 0 Å². The summed E-state index contributed by atoms with van der Waals surface area (Å²) in [5.41, 5.74) is 10.5. The van der Waals surface area contributed by atoms with E-state index in [9.17, 15) is 0 Å². The Hall–Kier alpha value is -2.75. The number of ether oxygens (including phenoxy) is 1. The average Bonchev–Trinajstić information content (AvgIpc) is 2.97. The van der Waals surface area contributed by atoms with Crippen LogP contribution in [0.2, 0.25) is 0 Å². The Balaban J connectivity index is 2.13. The molecule has 0 atom stereocenters. The molecule has 4 nitrogen and oxygen atoms in total. The number of hydrogen-bond donors (Lipinski definition) is 2. The summed E-state index contributed by atoms with van der Waals surface area (Å²) in [6, 6.07) is 15.6. The zero-order chi connectivity index (χ0) is 13.9. The van der Waals surface area contributed by atoms with Gasteiger partial charge in [0.05, 0.1) is 19.0 Å². The summed E-state index contributed by atoms with van der Waals surface area (Å²) in [4.78, 5) is 0. The van der Waals surface area contributed by atoms with Crippen molar-refractivity contribution in [3.63, 3.8) is 0 Å². The Morgan fingerprint density at radius 1 is 1.00 bits per heavy atom. The van der Waals surface area contributed by atoms with Crippen molar-refractivity contribution < 1.29 is 4.74 Å². The van der Waals surface area contributed by atoms with Crippen molar-refractivity contribution in [3.8, 4) is 28.1 Å². The molecule has 0 amide bonds. The lowest BCUT2D eigenvalue weighted by Gasteiger charge is -2.08. The molecule has 0 aliphatic carbocycles. The van der Waals surface area contributed by atoms with Crippen molar-refractivity contribution in [2.45, 2.75) is 0 Å². The number of nitrogens with two attached hydrogens (primary N) is 1. The molecule has 0 unspecified atom stereocenters. The minimum Gasteiger partial charge on any atom is -0.496 e. The standard InChI is InChI=1S/C16H15N3O/c1-20-15-5-3-2-4-13(15)14-10-18-19-16(14)11-6-8-12(17)9-7-11/h2-10H,17H2,1H3,(H,18,19). The summed E-state index contributed by atoms with van der Waals surface area (Å²) in [6.07, 6.45) is 1.81. The first-order valence-corrected chi connectivity index (χ1v) is 6.32. The Kier molecular flexibility index (Phi) is 3.13. The van der Waals surface area contributed by atoms with Crippen molar-refractivity contribution in [1.29, 1.82) is 0 Å². The molecule has 2 aromatic carbocycles. The highest BCUT2D eigenvalue weighted by atomic mass is 16.5. The van der Waals surface area contributed by atoms with Crippen LogP contribution >= 0.6 is 0 Å². The van der Waals surface area contributed by atoms with Gasteiger partial charge in [-0.15, -0.1) is 0 Å². The van der Waals surface area contributed by atoms with Crippen molar-refractivity contribution in [2.75, 3.05) is 12.8 Å². The zero-order valence-electron chi connectivity index (χ0n) is 11.1. The van der Waals surface area contributed by atoms with E-state index in [0.29, 0.717) is 0 Å². The third-order valence-corrected chi connectivity index (χ3v) is 3.24. The number of anilines is 1. The minimum atomic E-state index is 0.743. The van der Waals surface area contributed by atoms with Gasteiger partial charge in [0.2, 0.25) is 0 Å². The largest absolute Gasteiger partial charge is 0.496 e. The highest BCUT2D eigenvalue weighted by molar-refractivity contribution is 5.83. The number of aromatic amines is 1. The van der Waals surface area contributed by atoms with Gasteiger partial charge in [-0.2, -0.15) is 5.10 Å². The number of H-pyrrole nitrogens is 1. The second-order valence-corrected chi connectivity index (χ2v) is 4.48. The fraction of sp³-hybridized carbons (Fsp3) is 0.0625. The van der Waals surface area contributed by atoms with Gasteiger partial charge in [0.1, 0.15) is 5.75 Å². The van der Waals surface area contributed by atoms with Gasteiger partial charge >= 0.3 is 0 Å². The summed E-state index contributed by atoms with van der Waals surface area (Å²) >= 11 is 0. The van der Waals surface area contributed by atoms with E-state index in [1.807, 2.05) is 54.7 Å². The molecule has 0 radical (unpaired) electrons. The molecule has 1 aromatic heterocycles. The molecule has 0 bridgehead atoms. The molecule has 0 fully saturated rings. The molecule has 1 heterocycles. The van der Waals surface area contributed by atoms with Crippen LogP contribution in [0, 0.1) is 0 Å². The highest BCUT2D eigenvalue weighted by Crippen LogP contribution is 2.35. The fourth-order valence-electron chi connectivity index (χ4n) is 2.23. The third-order valence-electron chi connectivity index (χ3n) is 3.24. The molecule has 0 aliphatic heterocycles. The monoisotopic (exact) mass is 265 g/mol. The van der Waals surface area contributed by atoms with Crippen molar-refractivity contribution in [1.82, 2.24) is 10.2 Å². The van der Waals surface area contributed by atoms with Crippen LogP contribution in [0.4, 0.5) is 5.69 Å². The van der Waals surface area contributed by atoms with Crippen LogP contribution in [0.5, 0.6) is 5.75 Å². The van der Waals surface area contributed by atoms with Crippen LogP contribution in [0.25, 0.3) is 22.4 Å². The molecule has 0 spiro atoms. The van der Waals surface area contributed by atoms with Gasteiger partial charge in [0, 0.05) is 22.4 Å². The number of para-hydroxylation sites is 1. The Labute approximate surface area is 117 Å². The van der Waals surface area contributed by atoms with Crippen LogP contribution < -0.4 is 10.5 Å². The van der Waals surface area contributed by atoms with Crippen molar-refractivity contribution >= 4 is 5.69 Å². The van der Waals surface area contributed by atoms with Crippen molar-refractivity contribution in [2.24, 2.45) is 0 Å². The predicted molar refractivity (Wildman–Crippen MR) is 80.4 cm³/mol. The quantitative estimate of drug-likeness (QED) is 0.714. The van der Waals surface area contributed by atoms with Gasteiger partial charge in [-0.3, -0.25) is 5.10 Å². The van der Waals surface area contributed by atoms with E-state index in [1.54, 1.807) is 7.11 Å². The number of benzene rings is 2. The summed E-state index contributed by atoms with van der Waals surface area (Å²) in [6.45, 7) is 0. The first-order valence-electron chi connectivity index (χ1n) is 6.32. The van der Waals surface area contributed by atoms with Crippen LogP contribution in [0.3, 0.4) is 0 Å². The number of nitrogen functional groups attached to an aromatic ring is 1. The molecule has 0 saturated carbocycles. The van der Waals surface area contributed by atoms with E-state index in [4.69, 9.17) is 10.5 Å². The maximum Gasteiger partial charge on any atom is 0.126 e. The Morgan fingerprint density at radius 2 is 1.75 bits per heavy atom. The van der Waals surface area contributed by atoms with Crippen LogP contribution in [-0.2, 0) is 0 Å². The van der Waals surface area contributed by atoms with Crippen LogP contribution in [0.15, 0.2) is 54.7 Å². The molecule has 3 N–H and O–H groups in total. The smallest absolute Gasteiger partial charge is 0.126 e. The van der Waals surface area contributed by atoms with E-state index in [2.05, 4.69) is 10.2 Å². The Morgan fingerprint density at radius 3 is 2.50 bits per heavy atom. The van der Waals surface area contributed by atoms with Gasteiger partial charge in [-0.25, -0.2) is 0 Å². The SMILES string of the molecule is COc1ccccc1-c1cn[nH]c1-c1ccc(N)cc1. The molecule has 0 aliphatic rings. The summed E-state index contributed by atoms with van der Waals surface area (Å²) < 4.78 is 5.42. The molecule has 3 aromatic rings. The summed E-state index contributed by atoms with van der Waals surface area (Å²) in [5.74, 6) is 0.825. The number of rotatable bonds is 3. The molecule has 0 saturated heterocycles. The van der Waals surface area contributed by atoms with Gasteiger partial charge in [-0.1, -0.05) is 30.3 Å². The first kappa shape index (κ1) is 12.3. The lowest BCUT2D eigenvalue weighted by molar-refractivity contribution is 0.416. The Bertz CT molecular complexity index is 717. The van der Waals surface area contributed by atoms with E-state index >= 15 is 0 Å². The van der Waals surface area contributed by atoms with Crippen LogP contribution in [-0.4, -0.2) is 17.3 Å². The zero-order valence-corrected chi connectivity index (χ0v) is 11.1. The summed E-state index contributed by atoms with van der Waals surface area (Å²) in [5, 5.41) is 7.21. The summed E-state index contributed by atoms with van der Waals surface area (Å²) in [7, 11) is 1.67. The topological polar surface area (TPSA) is 63.9 Å². The molecular weight excluding hydrogens is 250 g/mol. The number of hydrogen-bond acceptors (Lipinski definition) is 3. The highest BCUT2D eigenvalue weighted by Gasteiger charge is 2.13. The van der Waals surface area contributed by atoms with E-state index in [1.165, 1.54) is 0 Å². The fourth-order valence-corrected chi connectivity index (χ4v) is 2.23. The first-order chi connectivity index (χ1) is 9.79. The van der Waals surface area contributed by atoms with Gasteiger partial charge in [-0.05, 0) is 18.2 Å². The van der Waals surface area contributed by atoms with Gasteiger partial charge in [0.15, 0.2) is 0 Å². The maximum atomic E-state index is 5.73. The van der Waals surface area contributed by atoms with Gasteiger partial charge < -0.3 is 10.5 Å². The molecular formula is C16H15N3O. The second kappa shape index (κ2) is 5.09. The van der Waals surface area contributed by atoms with Crippen molar-refractivity contribution in [3.05, 3.63) is 54.7 Å². The molecule has 20 heavy (non-hydrogen) atoms. The number of nitrogens with zero attached hydrogens (tertiary/aromatic N) is 1. The lowest BCUT2D eigenvalue weighted by atomic mass is 10.0. The third kappa shape index (κ3) is 2.12. The predicted octanol–water partition coefficient (Wildman–Crippen LogP) is 3.33. The van der Waals surface area contributed by atoms with Crippen LogP contribution in [0.1, 0.15) is 0 Å². The molecule has 3 rings (SSSR count). The molecule has 4 heteroatoms. The molecule has 100 valence electrons. The van der Waals surface area contributed by atoms with Gasteiger partial charge in [0.25, 0.3) is 0 Å². The maximum absolute atomic E-state index is 5.73. The normalized spacial score (nSPS) is 10.4. The average molecular weight is 265 g/mol.